The fourth-order valence-electron chi connectivity index (χ4n) is 5.93. The summed E-state index contributed by atoms with van der Waals surface area (Å²) in [7, 11) is 2.19. The Labute approximate surface area is 185 Å². The van der Waals surface area contributed by atoms with Gasteiger partial charge in [0.1, 0.15) is 0 Å². The molecular formula is C25H33N5O. The van der Waals surface area contributed by atoms with Gasteiger partial charge in [-0.3, -0.25) is 4.90 Å². The number of ether oxygens (including phenoxy) is 1. The van der Waals surface area contributed by atoms with Gasteiger partial charge in [0, 0.05) is 51.0 Å². The molecule has 2 saturated heterocycles. The second-order valence-electron chi connectivity index (χ2n) is 10.0. The largest absolute Gasteiger partial charge is 0.376 e. The van der Waals surface area contributed by atoms with Crippen LogP contribution in [0, 0.1) is 0 Å². The normalized spacial score (nSPS) is 26.4. The molecule has 31 heavy (non-hydrogen) atoms. The lowest BCUT2D eigenvalue weighted by Crippen LogP contribution is -2.46. The number of likely N-dealkylation sites (tertiary alicyclic amines) is 1. The smallest absolute Gasteiger partial charge is 0.225 e. The summed E-state index contributed by atoms with van der Waals surface area (Å²) in [6.45, 7) is 8.73. The van der Waals surface area contributed by atoms with Crippen LogP contribution in [-0.2, 0) is 36.1 Å². The topological polar surface area (TPSA) is 44.7 Å². The lowest BCUT2D eigenvalue weighted by atomic mass is 9.80. The molecule has 1 aromatic carbocycles. The molecule has 0 radical (unpaired) electrons. The third-order valence-electron chi connectivity index (χ3n) is 7.78. The number of nitrogens with zero attached hydrogens (tertiary/aromatic N) is 5. The van der Waals surface area contributed by atoms with Crippen LogP contribution in [0.25, 0.3) is 0 Å². The SMILES string of the molecule is CN1CCN(c2ncc3c(n2)[C@]2(CCN(Cc4ccc5c(c4)CCC5)C2)COC3)CC1. The number of anilines is 1. The van der Waals surface area contributed by atoms with Crippen molar-refractivity contribution in [1.29, 1.82) is 0 Å². The third kappa shape index (κ3) is 3.65. The number of benzene rings is 1. The molecule has 1 aliphatic carbocycles. The molecule has 6 nitrogen and oxygen atoms in total. The minimum absolute atomic E-state index is 0.00851. The first-order chi connectivity index (χ1) is 15.2. The lowest BCUT2D eigenvalue weighted by molar-refractivity contribution is 0.0502. The number of piperazine rings is 1. The summed E-state index contributed by atoms with van der Waals surface area (Å²) in [5, 5.41) is 0. The molecule has 0 saturated carbocycles. The first-order valence-electron chi connectivity index (χ1n) is 11.9. The Balaban J connectivity index is 1.22. The van der Waals surface area contributed by atoms with E-state index in [-0.39, 0.29) is 5.41 Å². The van der Waals surface area contributed by atoms with Gasteiger partial charge < -0.3 is 14.5 Å². The second-order valence-corrected chi connectivity index (χ2v) is 10.0. The van der Waals surface area contributed by atoms with E-state index in [9.17, 15) is 0 Å². The molecule has 0 bridgehead atoms. The molecule has 3 aliphatic heterocycles. The third-order valence-corrected chi connectivity index (χ3v) is 7.78. The number of likely N-dealkylation sites (N-methyl/N-ethyl adjacent to an activating group) is 1. The van der Waals surface area contributed by atoms with E-state index in [0.717, 1.165) is 64.8 Å². The summed E-state index contributed by atoms with van der Waals surface area (Å²) < 4.78 is 6.07. The summed E-state index contributed by atoms with van der Waals surface area (Å²) in [6.07, 6.45) is 6.96. The molecule has 1 spiro atoms. The molecule has 1 aromatic heterocycles. The maximum absolute atomic E-state index is 6.07. The zero-order valence-corrected chi connectivity index (χ0v) is 18.6. The van der Waals surface area contributed by atoms with Crippen LogP contribution in [0.1, 0.15) is 40.8 Å². The number of rotatable bonds is 3. The molecule has 4 aliphatic rings. The van der Waals surface area contributed by atoms with Crippen LogP contribution in [0.5, 0.6) is 0 Å². The van der Waals surface area contributed by atoms with Gasteiger partial charge in [-0.15, -0.1) is 0 Å². The zero-order valence-electron chi connectivity index (χ0n) is 18.6. The molecule has 2 aromatic rings. The van der Waals surface area contributed by atoms with Crippen molar-refractivity contribution in [2.45, 2.75) is 44.2 Å². The quantitative estimate of drug-likeness (QED) is 0.761. The number of aromatic nitrogens is 2. The minimum Gasteiger partial charge on any atom is -0.376 e. The molecule has 0 amide bonds. The minimum atomic E-state index is 0.00851. The molecule has 1 atom stereocenters. The van der Waals surface area contributed by atoms with Gasteiger partial charge in [0.2, 0.25) is 5.95 Å². The fraction of sp³-hybridized carbons (Fsp3) is 0.600. The van der Waals surface area contributed by atoms with Crippen molar-refractivity contribution in [3.8, 4) is 0 Å². The van der Waals surface area contributed by atoms with Crippen LogP contribution >= 0.6 is 0 Å². The van der Waals surface area contributed by atoms with Gasteiger partial charge in [0.15, 0.2) is 0 Å². The van der Waals surface area contributed by atoms with Crippen molar-refractivity contribution in [2.24, 2.45) is 0 Å². The van der Waals surface area contributed by atoms with Crippen molar-refractivity contribution in [3.63, 3.8) is 0 Å². The van der Waals surface area contributed by atoms with Gasteiger partial charge in [-0.25, -0.2) is 9.97 Å². The van der Waals surface area contributed by atoms with Gasteiger partial charge in [0.25, 0.3) is 0 Å². The zero-order chi connectivity index (χ0) is 20.8. The van der Waals surface area contributed by atoms with E-state index in [1.807, 2.05) is 6.20 Å². The van der Waals surface area contributed by atoms with Crippen LogP contribution in [-0.4, -0.2) is 72.7 Å². The molecule has 6 heteroatoms. The van der Waals surface area contributed by atoms with Crippen molar-refractivity contribution in [2.75, 3.05) is 57.8 Å². The predicted molar refractivity (Wildman–Crippen MR) is 121 cm³/mol. The molecule has 0 unspecified atom stereocenters. The van der Waals surface area contributed by atoms with Gasteiger partial charge in [-0.2, -0.15) is 0 Å². The molecular weight excluding hydrogens is 386 g/mol. The van der Waals surface area contributed by atoms with E-state index in [0.29, 0.717) is 6.61 Å². The first-order valence-corrected chi connectivity index (χ1v) is 11.9. The summed E-state index contributed by atoms with van der Waals surface area (Å²) in [5.74, 6) is 0.908. The summed E-state index contributed by atoms with van der Waals surface area (Å²) >= 11 is 0. The Morgan fingerprint density at radius 3 is 2.81 bits per heavy atom. The van der Waals surface area contributed by atoms with Gasteiger partial charge in [-0.1, -0.05) is 18.2 Å². The summed E-state index contributed by atoms with van der Waals surface area (Å²) in [6, 6.07) is 7.15. The Bertz CT molecular complexity index is 970. The Kier molecular flexibility index (Phi) is 4.97. The van der Waals surface area contributed by atoms with Gasteiger partial charge >= 0.3 is 0 Å². The standard InChI is InChI=1S/C25H33N5O/c1-28-9-11-30(12-10-28)24-26-14-22-16-31-18-25(23(22)27-24)7-8-29(17-25)15-19-5-6-20-3-2-4-21(20)13-19/h5-6,13-14H,2-4,7-12,15-18H2,1H3/t25-/m0/s1. The highest BCUT2D eigenvalue weighted by Crippen LogP contribution is 2.40. The predicted octanol–water partition coefficient (Wildman–Crippen LogP) is 2.39. The van der Waals surface area contributed by atoms with Crippen LogP contribution in [0.3, 0.4) is 0 Å². The average Bonchev–Trinajstić information content (AvgIpc) is 3.42. The number of fused-ring (bicyclic) bond motifs is 3. The lowest BCUT2D eigenvalue weighted by Gasteiger charge is -2.36. The van der Waals surface area contributed by atoms with Crippen LogP contribution in [0.15, 0.2) is 24.4 Å². The van der Waals surface area contributed by atoms with Crippen LogP contribution in [0.2, 0.25) is 0 Å². The van der Waals surface area contributed by atoms with Crippen LogP contribution < -0.4 is 4.90 Å². The van der Waals surface area contributed by atoms with E-state index in [1.165, 1.54) is 36.1 Å². The highest BCUT2D eigenvalue weighted by molar-refractivity contribution is 5.39. The summed E-state index contributed by atoms with van der Waals surface area (Å²) in [5.41, 5.74) is 7.03. The van der Waals surface area contributed by atoms with E-state index in [1.54, 1.807) is 11.1 Å². The van der Waals surface area contributed by atoms with E-state index < -0.39 is 0 Å². The van der Waals surface area contributed by atoms with Crippen molar-refractivity contribution in [1.82, 2.24) is 19.8 Å². The highest BCUT2D eigenvalue weighted by atomic mass is 16.5. The van der Waals surface area contributed by atoms with E-state index in [2.05, 4.69) is 39.9 Å². The number of hydrogen-bond acceptors (Lipinski definition) is 6. The fourth-order valence-corrected chi connectivity index (χ4v) is 5.93. The second kappa shape index (κ2) is 7.84. The molecule has 6 rings (SSSR count). The van der Waals surface area contributed by atoms with Crippen molar-refractivity contribution < 1.29 is 4.74 Å². The highest BCUT2D eigenvalue weighted by Gasteiger charge is 2.45. The Morgan fingerprint density at radius 1 is 1.03 bits per heavy atom. The van der Waals surface area contributed by atoms with Gasteiger partial charge in [-0.05, 0) is 56.0 Å². The Morgan fingerprint density at radius 2 is 1.90 bits per heavy atom. The van der Waals surface area contributed by atoms with Gasteiger partial charge in [0.05, 0.1) is 24.3 Å². The molecule has 164 valence electrons. The van der Waals surface area contributed by atoms with Crippen LogP contribution in [0.4, 0.5) is 5.95 Å². The Hall–Kier alpha value is -2.02. The molecule has 0 N–H and O–H groups in total. The number of aryl methyl sites for hydroxylation is 2. The van der Waals surface area contributed by atoms with E-state index in [4.69, 9.17) is 14.7 Å². The number of hydrogen-bond donors (Lipinski definition) is 0. The van der Waals surface area contributed by atoms with E-state index >= 15 is 0 Å². The maximum atomic E-state index is 6.07. The maximum Gasteiger partial charge on any atom is 0.225 e. The molecule has 4 heterocycles. The first kappa shape index (κ1) is 19.6. The average molecular weight is 420 g/mol. The summed E-state index contributed by atoms with van der Waals surface area (Å²) in [4.78, 5) is 17.2. The van der Waals surface area contributed by atoms with Crippen molar-refractivity contribution in [3.05, 3.63) is 52.3 Å². The molecule has 2 fully saturated rings. The monoisotopic (exact) mass is 419 g/mol. The van der Waals surface area contributed by atoms with Crippen molar-refractivity contribution >= 4 is 5.95 Å².